The number of nitrogens with two attached hydrogens (primary N) is 1. The molecule has 1 fully saturated rings. The highest BCUT2D eigenvalue weighted by molar-refractivity contribution is 5.60. The smallest absolute Gasteiger partial charge is 0.0442 e. The Morgan fingerprint density at radius 2 is 1.83 bits per heavy atom. The molecule has 100 valence electrons. The first-order valence-electron chi connectivity index (χ1n) is 6.80. The highest BCUT2D eigenvalue weighted by atomic mass is 15.3. The first-order valence-corrected chi connectivity index (χ1v) is 6.80. The molecule has 0 spiro atoms. The van der Waals surface area contributed by atoms with Crippen LogP contribution in [0.5, 0.6) is 0 Å². The Hall–Kier alpha value is -1.06. The average Bonchev–Trinajstić information content (AvgIpc) is 2.35. The molecule has 18 heavy (non-hydrogen) atoms. The van der Waals surface area contributed by atoms with Gasteiger partial charge in [-0.3, -0.25) is 4.90 Å². The number of hydrogen-bond acceptors (Lipinski definition) is 3. The minimum atomic E-state index is 0.582. The van der Waals surface area contributed by atoms with Crippen molar-refractivity contribution in [2.24, 2.45) is 5.73 Å². The van der Waals surface area contributed by atoms with E-state index in [1.54, 1.807) is 0 Å². The van der Waals surface area contributed by atoms with Crippen LogP contribution in [0.2, 0.25) is 0 Å². The minimum Gasteiger partial charge on any atom is -0.368 e. The van der Waals surface area contributed by atoms with Gasteiger partial charge in [-0.25, -0.2) is 0 Å². The van der Waals surface area contributed by atoms with Crippen molar-refractivity contribution in [2.75, 3.05) is 25.0 Å². The van der Waals surface area contributed by atoms with Crippen LogP contribution in [-0.4, -0.2) is 37.1 Å². The molecule has 0 amide bonds. The first kappa shape index (κ1) is 13.4. The van der Waals surface area contributed by atoms with E-state index in [0.717, 1.165) is 13.1 Å². The van der Waals surface area contributed by atoms with Crippen LogP contribution < -0.4 is 10.6 Å². The largest absolute Gasteiger partial charge is 0.368 e. The Kier molecular flexibility index (Phi) is 3.93. The molecule has 2 rings (SSSR count). The molecule has 0 aliphatic carbocycles. The highest BCUT2D eigenvalue weighted by Gasteiger charge is 2.28. The average molecular weight is 247 g/mol. The van der Waals surface area contributed by atoms with E-state index in [2.05, 4.69) is 55.8 Å². The maximum absolute atomic E-state index is 5.89. The molecule has 1 saturated heterocycles. The SMILES string of the molecule is Cc1cccc(CN)c1N1CC(C)N(C)C(C)C1. The number of piperazine rings is 1. The zero-order valence-corrected chi connectivity index (χ0v) is 12.0. The first-order chi connectivity index (χ1) is 8.54. The third-order valence-corrected chi connectivity index (χ3v) is 4.22. The number of benzene rings is 1. The zero-order valence-electron chi connectivity index (χ0n) is 12.0. The lowest BCUT2D eigenvalue weighted by Gasteiger charge is -2.44. The number of anilines is 1. The van der Waals surface area contributed by atoms with Gasteiger partial charge in [0.25, 0.3) is 0 Å². The summed E-state index contributed by atoms with van der Waals surface area (Å²) in [6, 6.07) is 7.60. The molecule has 3 nitrogen and oxygen atoms in total. The molecule has 2 N–H and O–H groups in total. The summed E-state index contributed by atoms with van der Waals surface area (Å²) >= 11 is 0. The summed E-state index contributed by atoms with van der Waals surface area (Å²) in [7, 11) is 2.22. The van der Waals surface area contributed by atoms with Gasteiger partial charge in [-0.05, 0) is 38.9 Å². The van der Waals surface area contributed by atoms with E-state index in [1.807, 2.05) is 0 Å². The van der Waals surface area contributed by atoms with Crippen molar-refractivity contribution in [1.82, 2.24) is 4.90 Å². The summed E-state index contributed by atoms with van der Waals surface area (Å²) in [5.41, 5.74) is 9.84. The van der Waals surface area contributed by atoms with E-state index in [1.165, 1.54) is 16.8 Å². The van der Waals surface area contributed by atoms with Crippen molar-refractivity contribution in [2.45, 2.75) is 39.4 Å². The molecule has 0 saturated carbocycles. The summed E-state index contributed by atoms with van der Waals surface area (Å²) in [6.45, 7) is 9.55. The highest BCUT2D eigenvalue weighted by Crippen LogP contribution is 2.28. The number of likely N-dealkylation sites (N-methyl/N-ethyl adjacent to an activating group) is 1. The molecule has 1 heterocycles. The van der Waals surface area contributed by atoms with Crippen molar-refractivity contribution >= 4 is 5.69 Å². The fourth-order valence-corrected chi connectivity index (χ4v) is 2.92. The van der Waals surface area contributed by atoms with Gasteiger partial charge in [-0.1, -0.05) is 18.2 Å². The van der Waals surface area contributed by atoms with Gasteiger partial charge in [0.05, 0.1) is 0 Å². The van der Waals surface area contributed by atoms with E-state index in [4.69, 9.17) is 5.73 Å². The monoisotopic (exact) mass is 247 g/mol. The van der Waals surface area contributed by atoms with Crippen LogP contribution in [0.4, 0.5) is 5.69 Å². The second kappa shape index (κ2) is 5.29. The molecule has 3 heteroatoms. The summed E-state index contributed by atoms with van der Waals surface area (Å²) < 4.78 is 0. The summed E-state index contributed by atoms with van der Waals surface area (Å²) in [4.78, 5) is 4.96. The molecular formula is C15H25N3. The van der Waals surface area contributed by atoms with Crippen LogP contribution in [0.15, 0.2) is 18.2 Å². The van der Waals surface area contributed by atoms with Gasteiger partial charge in [0, 0.05) is 37.4 Å². The van der Waals surface area contributed by atoms with Gasteiger partial charge in [0.2, 0.25) is 0 Å². The van der Waals surface area contributed by atoms with Crippen molar-refractivity contribution in [1.29, 1.82) is 0 Å². The second-order valence-electron chi connectivity index (χ2n) is 5.56. The standard InChI is InChI=1S/C15H25N3/c1-11-6-5-7-14(8-16)15(11)18-9-12(2)17(4)13(3)10-18/h5-7,12-13H,8-10,16H2,1-4H3. The van der Waals surface area contributed by atoms with E-state index < -0.39 is 0 Å². The molecule has 0 bridgehead atoms. The summed E-state index contributed by atoms with van der Waals surface area (Å²) in [5, 5.41) is 0. The van der Waals surface area contributed by atoms with E-state index in [9.17, 15) is 0 Å². The van der Waals surface area contributed by atoms with Crippen molar-refractivity contribution in [3.63, 3.8) is 0 Å². The predicted octanol–water partition coefficient (Wildman–Crippen LogP) is 1.98. The lowest BCUT2D eigenvalue weighted by atomic mass is 10.0. The Bertz CT molecular complexity index is 404. The van der Waals surface area contributed by atoms with Crippen LogP contribution >= 0.6 is 0 Å². The number of nitrogens with zero attached hydrogens (tertiary/aromatic N) is 2. The van der Waals surface area contributed by atoms with Gasteiger partial charge in [-0.2, -0.15) is 0 Å². The van der Waals surface area contributed by atoms with E-state index >= 15 is 0 Å². The van der Waals surface area contributed by atoms with E-state index in [-0.39, 0.29) is 0 Å². The van der Waals surface area contributed by atoms with Crippen molar-refractivity contribution in [3.8, 4) is 0 Å². The van der Waals surface area contributed by atoms with Crippen LogP contribution in [-0.2, 0) is 6.54 Å². The lowest BCUT2D eigenvalue weighted by Crippen LogP contribution is -2.55. The predicted molar refractivity (Wildman–Crippen MR) is 78.0 cm³/mol. The second-order valence-corrected chi connectivity index (χ2v) is 5.56. The molecule has 0 aromatic heterocycles. The molecule has 1 aliphatic rings. The maximum Gasteiger partial charge on any atom is 0.0442 e. The third kappa shape index (κ3) is 2.38. The zero-order chi connectivity index (χ0) is 13.3. The summed E-state index contributed by atoms with van der Waals surface area (Å²) in [5.74, 6) is 0. The van der Waals surface area contributed by atoms with E-state index in [0.29, 0.717) is 18.6 Å². The summed E-state index contributed by atoms with van der Waals surface area (Å²) in [6.07, 6.45) is 0. The molecule has 2 unspecified atom stereocenters. The van der Waals surface area contributed by atoms with Gasteiger partial charge in [-0.15, -0.1) is 0 Å². The molecule has 1 aromatic rings. The molecule has 2 atom stereocenters. The number of aryl methyl sites for hydroxylation is 1. The number of hydrogen-bond donors (Lipinski definition) is 1. The molecule has 1 aliphatic heterocycles. The quantitative estimate of drug-likeness (QED) is 0.867. The van der Waals surface area contributed by atoms with Gasteiger partial charge < -0.3 is 10.6 Å². The Morgan fingerprint density at radius 1 is 1.22 bits per heavy atom. The third-order valence-electron chi connectivity index (χ3n) is 4.22. The minimum absolute atomic E-state index is 0.582. The normalized spacial score (nSPS) is 25.5. The Labute approximate surface area is 111 Å². The van der Waals surface area contributed by atoms with Crippen molar-refractivity contribution in [3.05, 3.63) is 29.3 Å². The Morgan fingerprint density at radius 3 is 2.39 bits per heavy atom. The van der Waals surface area contributed by atoms with Crippen LogP contribution in [0.1, 0.15) is 25.0 Å². The maximum atomic E-state index is 5.89. The van der Waals surface area contributed by atoms with Gasteiger partial charge in [0.15, 0.2) is 0 Å². The lowest BCUT2D eigenvalue weighted by molar-refractivity contribution is 0.170. The van der Waals surface area contributed by atoms with Crippen LogP contribution in [0.3, 0.4) is 0 Å². The van der Waals surface area contributed by atoms with Gasteiger partial charge >= 0.3 is 0 Å². The molecule has 1 aromatic carbocycles. The fourth-order valence-electron chi connectivity index (χ4n) is 2.92. The van der Waals surface area contributed by atoms with Crippen molar-refractivity contribution < 1.29 is 0 Å². The fraction of sp³-hybridized carbons (Fsp3) is 0.600. The van der Waals surface area contributed by atoms with Crippen LogP contribution in [0.25, 0.3) is 0 Å². The van der Waals surface area contributed by atoms with Crippen LogP contribution in [0, 0.1) is 6.92 Å². The Balaban J connectivity index is 2.32. The number of para-hydroxylation sites is 1. The number of rotatable bonds is 2. The van der Waals surface area contributed by atoms with Gasteiger partial charge in [0.1, 0.15) is 0 Å². The molecular weight excluding hydrogens is 222 g/mol. The topological polar surface area (TPSA) is 32.5 Å². The molecule has 0 radical (unpaired) electrons.